The lowest BCUT2D eigenvalue weighted by molar-refractivity contribution is 0.0988. The quantitative estimate of drug-likeness (QED) is 0.620. The van der Waals surface area contributed by atoms with Crippen molar-refractivity contribution >= 4 is 5.78 Å². The van der Waals surface area contributed by atoms with Crippen molar-refractivity contribution in [2.45, 2.75) is 13.3 Å². The van der Waals surface area contributed by atoms with Crippen molar-refractivity contribution in [3.8, 4) is 6.07 Å². The molecule has 0 atom stereocenters. The van der Waals surface area contributed by atoms with Gasteiger partial charge in [-0.3, -0.25) is 4.79 Å². The first-order valence-electron chi connectivity index (χ1n) is 3.82. The number of carbonyl (C=O) groups excluding carboxylic acids is 1. The van der Waals surface area contributed by atoms with Crippen LogP contribution in [0.25, 0.3) is 0 Å². The molecule has 60 valence electrons. The van der Waals surface area contributed by atoms with Gasteiger partial charge in [0.15, 0.2) is 5.78 Å². The van der Waals surface area contributed by atoms with Gasteiger partial charge in [-0.2, -0.15) is 5.26 Å². The Bertz CT molecular complexity index is 336. The maximum atomic E-state index is 11.2. The highest BCUT2D eigenvalue weighted by atomic mass is 16.1. The number of benzene rings is 1. The molecule has 0 aliphatic rings. The van der Waals surface area contributed by atoms with Crippen LogP contribution >= 0.6 is 0 Å². The minimum atomic E-state index is 0.0205. The zero-order valence-electron chi connectivity index (χ0n) is 6.87. The van der Waals surface area contributed by atoms with E-state index in [-0.39, 0.29) is 5.78 Å². The highest BCUT2D eigenvalue weighted by Crippen LogP contribution is 2.09. The second kappa shape index (κ2) is 3.68. The standard InChI is InChI=1S/C10H9NO/c1-2-10(12)9-6-4-3-5-8(9)7-11/h3-6H,2H2,1H3. The van der Waals surface area contributed by atoms with E-state index in [1.54, 1.807) is 31.2 Å². The molecule has 0 saturated heterocycles. The van der Waals surface area contributed by atoms with E-state index in [0.717, 1.165) is 0 Å². The van der Waals surface area contributed by atoms with E-state index >= 15 is 0 Å². The predicted molar refractivity (Wildman–Crippen MR) is 45.8 cm³/mol. The molecular formula is C10H9NO. The monoisotopic (exact) mass is 159 g/mol. The number of hydrogen-bond donors (Lipinski definition) is 0. The summed E-state index contributed by atoms with van der Waals surface area (Å²) in [6, 6.07) is 8.85. The minimum absolute atomic E-state index is 0.0205. The molecule has 0 radical (unpaired) electrons. The number of Topliss-reactive ketones (excluding diaryl/α,β-unsaturated/α-hetero) is 1. The number of nitriles is 1. The van der Waals surface area contributed by atoms with Gasteiger partial charge in [-0.1, -0.05) is 25.1 Å². The summed E-state index contributed by atoms with van der Waals surface area (Å²) >= 11 is 0. The summed E-state index contributed by atoms with van der Waals surface area (Å²) in [4.78, 5) is 11.2. The lowest BCUT2D eigenvalue weighted by atomic mass is 10.0. The third kappa shape index (κ3) is 1.51. The van der Waals surface area contributed by atoms with Crippen LogP contribution in [0.3, 0.4) is 0 Å². The first kappa shape index (κ1) is 8.48. The lowest BCUT2D eigenvalue weighted by Gasteiger charge is -1.98. The van der Waals surface area contributed by atoms with Gasteiger partial charge in [0.2, 0.25) is 0 Å². The Morgan fingerprint density at radius 3 is 2.75 bits per heavy atom. The predicted octanol–water partition coefficient (Wildman–Crippen LogP) is 2.15. The summed E-state index contributed by atoms with van der Waals surface area (Å²) in [5, 5.41) is 8.66. The molecular weight excluding hydrogens is 150 g/mol. The summed E-state index contributed by atoms with van der Waals surface area (Å²) in [5.74, 6) is 0.0205. The van der Waals surface area contributed by atoms with E-state index in [1.807, 2.05) is 6.07 Å². The molecule has 0 N–H and O–H groups in total. The van der Waals surface area contributed by atoms with Gasteiger partial charge in [-0.05, 0) is 6.07 Å². The second-order valence-corrected chi connectivity index (χ2v) is 2.43. The molecule has 0 aliphatic heterocycles. The summed E-state index contributed by atoms with van der Waals surface area (Å²) in [6.07, 6.45) is 0.443. The molecule has 0 saturated carbocycles. The molecule has 0 aromatic heterocycles. The summed E-state index contributed by atoms with van der Waals surface area (Å²) in [5.41, 5.74) is 0.992. The van der Waals surface area contributed by atoms with Crippen molar-refractivity contribution in [3.63, 3.8) is 0 Å². The molecule has 2 heteroatoms. The van der Waals surface area contributed by atoms with Crippen molar-refractivity contribution in [1.29, 1.82) is 5.26 Å². The first-order valence-corrected chi connectivity index (χ1v) is 3.82. The van der Waals surface area contributed by atoms with Crippen LogP contribution in [0.4, 0.5) is 0 Å². The highest BCUT2D eigenvalue weighted by molar-refractivity contribution is 5.98. The molecule has 0 spiro atoms. The van der Waals surface area contributed by atoms with Gasteiger partial charge >= 0.3 is 0 Å². The van der Waals surface area contributed by atoms with Crippen molar-refractivity contribution in [2.24, 2.45) is 0 Å². The lowest BCUT2D eigenvalue weighted by Crippen LogP contribution is -1.99. The third-order valence-electron chi connectivity index (χ3n) is 1.67. The van der Waals surface area contributed by atoms with Crippen LogP contribution in [0, 0.1) is 11.3 Å². The fraction of sp³-hybridized carbons (Fsp3) is 0.200. The number of carbonyl (C=O) groups is 1. The number of nitrogens with zero attached hydrogens (tertiary/aromatic N) is 1. The van der Waals surface area contributed by atoms with Gasteiger partial charge < -0.3 is 0 Å². The molecule has 1 aromatic carbocycles. The average Bonchev–Trinajstić information content (AvgIpc) is 2.16. The Balaban J connectivity index is 3.16. The van der Waals surface area contributed by atoms with Gasteiger partial charge in [0.1, 0.15) is 0 Å². The fourth-order valence-electron chi connectivity index (χ4n) is 1.01. The van der Waals surface area contributed by atoms with Gasteiger partial charge in [0.05, 0.1) is 11.6 Å². The smallest absolute Gasteiger partial charge is 0.163 e. The zero-order chi connectivity index (χ0) is 8.97. The molecule has 0 bridgehead atoms. The number of ketones is 1. The molecule has 0 aliphatic carbocycles. The molecule has 0 unspecified atom stereocenters. The maximum Gasteiger partial charge on any atom is 0.163 e. The van der Waals surface area contributed by atoms with Gasteiger partial charge in [0, 0.05) is 12.0 Å². The fourth-order valence-corrected chi connectivity index (χ4v) is 1.01. The number of hydrogen-bond acceptors (Lipinski definition) is 2. The molecule has 0 fully saturated rings. The molecule has 12 heavy (non-hydrogen) atoms. The first-order chi connectivity index (χ1) is 5.79. The van der Waals surface area contributed by atoms with Crippen LogP contribution in [-0.4, -0.2) is 5.78 Å². The Labute approximate surface area is 71.4 Å². The molecule has 1 aromatic rings. The highest BCUT2D eigenvalue weighted by Gasteiger charge is 2.06. The molecule has 0 amide bonds. The van der Waals surface area contributed by atoms with Crippen LogP contribution < -0.4 is 0 Å². The largest absolute Gasteiger partial charge is 0.294 e. The maximum absolute atomic E-state index is 11.2. The molecule has 0 heterocycles. The van der Waals surface area contributed by atoms with Crippen molar-refractivity contribution < 1.29 is 4.79 Å². The second-order valence-electron chi connectivity index (χ2n) is 2.43. The Morgan fingerprint density at radius 2 is 2.17 bits per heavy atom. The van der Waals surface area contributed by atoms with E-state index in [2.05, 4.69) is 0 Å². The van der Waals surface area contributed by atoms with E-state index in [0.29, 0.717) is 17.5 Å². The van der Waals surface area contributed by atoms with Crippen LogP contribution in [0.2, 0.25) is 0 Å². The van der Waals surface area contributed by atoms with E-state index in [4.69, 9.17) is 5.26 Å². The summed E-state index contributed by atoms with van der Waals surface area (Å²) in [6.45, 7) is 1.79. The summed E-state index contributed by atoms with van der Waals surface area (Å²) < 4.78 is 0. The Morgan fingerprint density at radius 1 is 1.50 bits per heavy atom. The minimum Gasteiger partial charge on any atom is -0.294 e. The van der Waals surface area contributed by atoms with Crippen LogP contribution in [-0.2, 0) is 0 Å². The number of rotatable bonds is 2. The Hall–Kier alpha value is -1.62. The van der Waals surface area contributed by atoms with Crippen molar-refractivity contribution in [3.05, 3.63) is 35.4 Å². The average molecular weight is 159 g/mol. The van der Waals surface area contributed by atoms with Gasteiger partial charge in [-0.25, -0.2) is 0 Å². The normalized spacial score (nSPS) is 9.00. The summed E-state index contributed by atoms with van der Waals surface area (Å²) in [7, 11) is 0. The van der Waals surface area contributed by atoms with Crippen LogP contribution in [0.5, 0.6) is 0 Å². The van der Waals surface area contributed by atoms with Crippen LogP contribution in [0.1, 0.15) is 29.3 Å². The van der Waals surface area contributed by atoms with Crippen LogP contribution in [0.15, 0.2) is 24.3 Å². The van der Waals surface area contributed by atoms with E-state index < -0.39 is 0 Å². The van der Waals surface area contributed by atoms with E-state index in [9.17, 15) is 4.79 Å². The van der Waals surface area contributed by atoms with Gasteiger partial charge in [0.25, 0.3) is 0 Å². The SMILES string of the molecule is CCC(=O)c1ccccc1C#N. The van der Waals surface area contributed by atoms with Gasteiger partial charge in [-0.15, -0.1) is 0 Å². The van der Waals surface area contributed by atoms with Crippen molar-refractivity contribution in [1.82, 2.24) is 0 Å². The molecule has 1 rings (SSSR count). The molecule has 2 nitrogen and oxygen atoms in total. The topological polar surface area (TPSA) is 40.9 Å². The zero-order valence-corrected chi connectivity index (χ0v) is 6.87. The van der Waals surface area contributed by atoms with E-state index in [1.165, 1.54) is 0 Å². The van der Waals surface area contributed by atoms with Crippen molar-refractivity contribution in [2.75, 3.05) is 0 Å². The third-order valence-corrected chi connectivity index (χ3v) is 1.67. The Kier molecular flexibility index (Phi) is 2.60.